The summed E-state index contributed by atoms with van der Waals surface area (Å²) in [4.78, 5) is 5.50. The molecule has 15 heavy (non-hydrogen) atoms. The van der Waals surface area contributed by atoms with E-state index in [4.69, 9.17) is 0 Å². The van der Waals surface area contributed by atoms with Crippen LogP contribution in [0.4, 0.5) is 0 Å². The maximum Gasteiger partial charge on any atom is 0.0136 e. The Bertz CT molecular complexity index is 229. The molecule has 0 saturated carbocycles. The second kappa shape index (κ2) is 4.06. The highest BCUT2D eigenvalue weighted by Crippen LogP contribution is 2.37. The van der Waals surface area contributed by atoms with Crippen molar-refractivity contribution in [1.82, 2.24) is 9.80 Å². The largest absolute Gasteiger partial charge is 0.303 e. The van der Waals surface area contributed by atoms with Gasteiger partial charge in [0.05, 0.1) is 0 Å². The fourth-order valence-electron chi connectivity index (χ4n) is 4.13. The first kappa shape index (κ1) is 10.1. The van der Waals surface area contributed by atoms with E-state index in [1.165, 1.54) is 58.4 Å². The predicted octanol–water partition coefficient (Wildman–Crippen LogP) is 1.81. The lowest BCUT2D eigenvalue weighted by Gasteiger charge is -2.52. The minimum atomic E-state index is 0.948. The maximum absolute atomic E-state index is 2.81. The quantitative estimate of drug-likeness (QED) is 0.648. The zero-order chi connectivity index (χ0) is 10.3. The summed E-state index contributed by atoms with van der Waals surface area (Å²) in [5.41, 5.74) is 0. The van der Waals surface area contributed by atoms with Gasteiger partial charge in [0.2, 0.25) is 0 Å². The van der Waals surface area contributed by atoms with E-state index in [1.54, 1.807) is 0 Å². The highest BCUT2D eigenvalue weighted by atomic mass is 15.2. The molecule has 0 aromatic heterocycles. The maximum atomic E-state index is 2.81. The Hall–Kier alpha value is -0.0800. The van der Waals surface area contributed by atoms with Gasteiger partial charge in [-0.1, -0.05) is 13.3 Å². The number of likely N-dealkylation sites (tertiary alicyclic amines) is 1. The summed E-state index contributed by atoms with van der Waals surface area (Å²) < 4.78 is 0. The first-order chi connectivity index (χ1) is 7.36. The van der Waals surface area contributed by atoms with Crippen LogP contribution < -0.4 is 0 Å². The molecule has 2 nitrogen and oxygen atoms in total. The van der Waals surface area contributed by atoms with Crippen LogP contribution in [0.5, 0.6) is 0 Å². The standard InChI is InChI=1S/C13H24N2/c1-2-14-8-11-7-12(10-14)13-5-3-4-6-15(13)9-11/h11-13H,2-10H2,1H3/t11-,12+,13-/m0/s1. The van der Waals surface area contributed by atoms with E-state index < -0.39 is 0 Å². The van der Waals surface area contributed by atoms with Gasteiger partial charge < -0.3 is 4.90 Å². The summed E-state index contributed by atoms with van der Waals surface area (Å²) in [6.45, 7) is 9.13. The molecular weight excluding hydrogens is 184 g/mol. The number of fused-ring (bicyclic) bond motifs is 4. The molecule has 3 saturated heterocycles. The fourth-order valence-corrected chi connectivity index (χ4v) is 4.13. The van der Waals surface area contributed by atoms with Crippen molar-refractivity contribution in [3.63, 3.8) is 0 Å². The Morgan fingerprint density at radius 1 is 1.13 bits per heavy atom. The molecule has 3 aliphatic heterocycles. The third kappa shape index (κ3) is 1.83. The third-order valence-corrected chi connectivity index (χ3v) is 4.79. The minimum Gasteiger partial charge on any atom is -0.303 e. The van der Waals surface area contributed by atoms with E-state index in [0.717, 1.165) is 17.9 Å². The summed E-state index contributed by atoms with van der Waals surface area (Å²) in [6, 6.07) is 0.948. The molecule has 3 rings (SSSR count). The predicted molar refractivity (Wildman–Crippen MR) is 62.9 cm³/mol. The minimum absolute atomic E-state index is 0.948. The molecule has 3 atom stereocenters. The van der Waals surface area contributed by atoms with Crippen LogP contribution in [-0.4, -0.2) is 48.6 Å². The molecule has 3 heterocycles. The van der Waals surface area contributed by atoms with Crippen molar-refractivity contribution >= 4 is 0 Å². The van der Waals surface area contributed by atoms with Crippen molar-refractivity contribution in [3.05, 3.63) is 0 Å². The van der Waals surface area contributed by atoms with Gasteiger partial charge in [-0.2, -0.15) is 0 Å². The molecule has 0 spiro atoms. The van der Waals surface area contributed by atoms with Gasteiger partial charge in [0, 0.05) is 25.7 Å². The average molecular weight is 208 g/mol. The number of rotatable bonds is 1. The number of hydrogen-bond acceptors (Lipinski definition) is 2. The highest BCUT2D eigenvalue weighted by Gasteiger charge is 2.40. The second-order valence-corrected chi connectivity index (χ2v) is 5.77. The molecule has 0 aromatic carbocycles. The molecule has 0 aliphatic carbocycles. The van der Waals surface area contributed by atoms with E-state index in [2.05, 4.69) is 16.7 Å². The Balaban J connectivity index is 1.73. The van der Waals surface area contributed by atoms with Gasteiger partial charge in [-0.25, -0.2) is 0 Å². The molecule has 86 valence electrons. The second-order valence-electron chi connectivity index (χ2n) is 5.77. The number of hydrogen-bond donors (Lipinski definition) is 0. The van der Waals surface area contributed by atoms with Crippen molar-refractivity contribution in [2.45, 2.75) is 38.6 Å². The smallest absolute Gasteiger partial charge is 0.0136 e. The topological polar surface area (TPSA) is 6.48 Å². The van der Waals surface area contributed by atoms with Crippen LogP contribution in [0.15, 0.2) is 0 Å². The lowest BCUT2D eigenvalue weighted by atomic mass is 9.76. The lowest BCUT2D eigenvalue weighted by molar-refractivity contribution is -0.0287. The monoisotopic (exact) mass is 208 g/mol. The zero-order valence-electron chi connectivity index (χ0n) is 9.99. The molecular formula is C13H24N2. The van der Waals surface area contributed by atoms with Crippen molar-refractivity contribution < 1.29 is 0 Å². The van der Waals surface area contributed by atoms with Gasteiger partial charge in [0.25, 0.3) is 0 Å². The van der Waals surface area contributed by atoms with E-state index in [9.17, 15) is 0 Å². The Morgan fingerprint density at radius 3 is 2.93 bits per heavy atom. The fraction of sp³-hybridized carbons (Fsp3) is 1.00. The summed E-state index contributed by atoms with van der Waals surface area (Å²) in [5.74, 6) is 1.98. The van der Waals surface area contributed by atoms with Crippen LogP contribution in [0, 0.1) is 11.8 Å². The lowest BCUT2D eigenvalue weighted by Crippen LogP contribution is -2.58. The van der Waals surface area contributed by atoms with Crippen molar-refractivity contribution in [1.29, 1.82) is 0 Å². The van der Waals surface area contributed by atoms with Crippen LogP contribution in [-0.2, 0) is 0 Å². The van der Waals surface area contributed by atoms with Gasteiger partial charge in [-0.15, -0.1) is 0 Å². The molecule has 0 aromatic rings. The molecule has 0 amide bonds. The van der Waals surface area contributed by atoms with Crippen LogP contribution in [0.1, 0.15) is 32.6 Å². The molecule has 3 aliphatic rings. The van der Waals surface area contributed by atoms with Crippen molar-refractivity contribution in [2.75, 3.05) is 32.7 Å². The highest BCUT2D eigenvalue weighted by molar-refractivity contribution is 4.95. The summed E-state index contributed by atoms with van der Waals surface area (Å²) in [7, 11) is 0. The van der Waals surface area contributed by atoms with Gasteiger partial charge in [0.1, 0.15) is 0 Å². The first-order valence-electron chi connectivity index (χ1n) is 6.83. The van der Waals surface area contributed by atoms with E-state index in [-0.39, 0.29) is 0 Å². The van der Waals surface area contributed by atoms with Gasteiger partial charge in [0.15, 0.2) is 0 Å². The van der Waals surface area contributed by atoms with Gasteiger partial charge in [-0.05, 0) is 44.2 Å². The van der Waals surface area contributed by atoms with Crippen molar-refractivity contribution in [2.24, 2.45) is 11.8 Å². The molecule has 0 radical (unpaired) electrons. The Morgan fingerprint density at radius 2 is 2.07 bits per heavy atom. The van der Waals surface area contributed by atoms with Crippen LogP contribution in [0.2, 0.25) is 0 Å². The average Bonchev–Trinajstić information content (AvgIpc) is 2.28. The van der Waals surface area contributed by atoms with Gasteiger partial charge >= 0.3 is 0 Å². The van der Waals surface area contributed by atoms with E-state index >= 15 is 0 Å². The zero-order valence-corrected chi connectivity index (χ0v) is 9.99. The summed E-state index contributed by atoms with van der Waals surface area (Å²) >= 11 is 0. The van der Waals surface area contributed by atoms with Crippen LogP contribution in [0.3, 0.4) is 0 Å². The van der Waals surface area contributed by atoms with Gasteiger partial charge in [-0.3, -0.25) is 4.90 Å². The number of piperidine rings is 3. The van der Waals surface area contributed by atoms with Crippen LogP contribution >= 0.6 is 0 Å². The first-order valence-corrected chi connectivity index (χ1v) is 6.83. The SMILES string of the molecule is CCN1C[C@@H]2C[C@H](C1)[C@@H]1CCCCN1C2. The third-order valence-electron chi connectivity index (χ3n) is 4.79. The summed E-state index contributed by atoms with van der Waals surface area (Å²) in [6.07, 6.45) is 5.94. The van der Waals surface area contributed by atoms with E-state index in [0.29, 0.717) is 0 Å². The Kier molecular flexibility index (Phi) is 2.73. The van der Waals surface area contributed by atoms with Crippen molar-refractivity contribution in [3.8, 4) is 0 Å². The number of nitrogens with zero attached hydrogens (tertiary/aromatic N) is 2. The molecule has 3 fully saturated rings. The molecule has 2 bridgehead atoms. The molecule has 0 unspecified atom stereocenters. The van der Waals surface area contributed by atoms with E-state index in [1.807, 2.05) is 0 Å². The van der Waals surface area contributed by atoms with Crippen LogP contribution in [0.25, 0.3) is 0 Å². The normalized spacial score (nSPS) is 42.6. The molecule has 0 N–H and O–H groups in total. The molecule has 2 heteroatoms. The summed E-state index contributed by atoms with van der Waals surface area (Å²) in [5, 5.41) is 0. The Labute approximate surface area is 93.6 Å².